The molecule has 140 valence electrons. The topological polar surface area (TPSA) is 45.2 Å². The summed E-state index contributed by atoms with van der Waals surface area (Å²) in [5, 5.41) is 2.85. The monoisotopic (exact) mass is 405 g/mol. The van der Waals surface area contributed by atoms with Gasteiger partial charge in [-0.05, 0) is 31.2 Å². The fraction of sp³-hybridized carbons (Fsp3) is 0.294. The Hall–Kier alpha value is -1.99. The summed E-state index contributed by atoms with van der Waals surface area (Å²) in [5.74, 6) is -0.554. The molecule has 1 aromatic carbocycles. The Morgan fingerprint density at radius 3 is 2.42 bits per heavy atom. The molecule has 0 unspecified atom stereocenters. The number of carbonyl (C=O) groups excluding carboxylic acids is 1. The van der Waals surface area contributed by atoms with Crippen molar-refractivity contribution in [1.82, 2.24) is 4.98 Å². The van der Waals surface area contributed by atoms with Gasteiger partial charge in [-0.15, -0.1) is 0 Å². The van der Waals surface area contributed by atoms with Gasteiger partial charge in [-0.25, -0.2) is 4.98 Å². The van der Waals surface area contributed by atoms with Crippen LogP contribution in [0, 0.1) is 6.92 Å². The minimum Gasteiger partial charge on any atom is -0.376 e. The summed E-state index contributed by atoms with van der Waals surface area (Å²) in [7, 11) is 3.33. The summed E-state index contributed by atoms with van der Waals surface area (Å²) in [6.45, 7) is 1.70. The Morgan fingerprint density at radius 2 is 1.88 bits per heavy atom. The maximum atomic E-state index is 13.0. The average molecular weight is 406 g/mol. The first kappa shape index (κ1) is 20.3. The van der Waals surface area contributed by atoms with Crippen molar-refractivity contribution in [3.8, 4) is 0 Å². The van der Waals surface area contributed by atoms with Crippen LogP contribution in [-0.4, -0.2) is 25.0 Å². The highest BCUT2D eigenvalue weighted by atomic mass is 35.5. The van der Waals surface area contributed by atoms with E-state index < -0.39 is 17.6 Å². The lowest BCUT2D eigenvalue weighted by atomic mass is 10.1. The lowest BCUT2D eigenvalue weighted by molar-refractivity contribution is -0.137. The van der Waals surface area contributed by atoms with Gasteiger partial charge in [-0.3, -0.25) is 4.79 Å². The minimum atomic E-state index is -4.52. The number of aromatic nitrogens is 1. The Kier molecular flexibility index (Phi) is 6.03. The van der Waals surface area contributed by atoms with Gasteiger partial charge in [-0.2, -0.15) is 13.2 Å². The lowest BCUT2D eigenvalue weighted by Gasteiger charge is -2.20. The zero-order valence-corrected chi connectivity index (χ0v) is 15.7. The van der Waals surface area contributed by atoms with E-state index in [1.807, 2.05) is 0 Å². The molecule has 9 heteroatoms. The van der Waals surface area contributed by atoms with Crippen molar-refractivity contribution in [1.29, 1.82) is 0 Å². The van der Waals surface area contributed by atoms with E-state index >= 15 is 0 Å². The van der Waals surface area contributed by atoms with Crippen LogP contribution in [0.3, 0.4) is 0 Å². The number of hydrogen-bond donors (Lipinski definition) is 1. The highest BCUT2D eigenvalue weighted by molar-refractivity contribution is 6.35. The van der Waals surface area contributed by atoms with Crippen LogP contribution < -0.4 is 10.2 Å². The fourth-order valence-electron chi connectivity index (χ4n) is 2.34. The largest absolute Gasteiger partial charge is 0.416 e. The van der Waals surface area contributed by atoms with Crippen LogP contribution in [-0.2, 0) is 17.4 Å². The van der Waals surface area contributed by atoms with Crippen LogP contribution in [0.25, 0.3) is 0 Å². The molecule has 26 heavy (non-hydrogen) atoms. The zero-order chi connectivity index (χ0) is 19.6. The number of carbonyl (C=O) groups is 1. The third-order valence-electron chi connectivity index (χ3n) is 3.56. The van der Waals surface area contributed by atoms with Crippen molar-refractivity contribution in [2.75, 3.05) is 24.3 Å². The van der Waals surface area contributed by atoms with Gasteiger partial charge in [0, 0.05) is 30.4 Å². The summed E-state index contributed by atoms with van der Waals surface area (Å²) in [6, 6.07) is 4.71. The second-order valence-electron chi connectivity index (χ2n) is 5.86. The van der Waals surface area contributed by atoms with E-state index in [0.29, 0.717) is 16.9 Å². The van der Waals surface area contributed by atoms with Crippen molar-refractivity contribution >= 4 is 40.5 Å². The molecule has 1 aromatic heterocycles. The summed E-state index contributed by atoms with van der Waals surface area (Å²) >= 11 is 12.1. The Bertz CT molecular complexity index is 815. The van der Waals surface area contributed by atoms with Crippen molar-refractivity contribution in [3.05, 3.63) is 51.3 Å². The quantitative estimate of drug-likeness (QED) is 0.730. The summed E-state index contributed by atoms with van der Waals surface area (Å²) in [4.78, 5) is 18.0. The number of benzene rings is 1. The van der Waals surface area contributed by atoms with Gasteiger partial charge in [0.05, 0.1) is 23.4 Å². The summed E-state index contributed by atoms with van der Waals surface area (Å²) in [5.41, 5.74) is 0.533. The molecule has 1 amide bonds. The van der Waals surface area contributed by atoms with E-state index in [9.17, 15) is 18.0 Å². The zero-order valence-electron chi connectivity index (χ0n) is 14.2. The standard InChI is InChI=1S/C17H16Cl2F3N3O/c1-9-6-12(18)11(16(19)23-9)8-15(26)24-13-7-10(17(20,21)22)4-5-14(13)25(2)3/h4-7H,8H2,1-3H3,(H,24,26). The molecule has 0 aliphatic carbocycles. The van der Waals surface area contributed by atoms with Crippen molar-refractivity contribution in [2.24, 2.45) is 0 Å². The predicted octanol–water partition coefficient (Wildman–Crippen LogP) is 4.96. The third kappa shape index (κ3) is 4.80. The first-order chi connectivity index (χ1) is 12.0. The van der Waals surface area contributed by atoms with Crippen LogP contribution in [0.15, 0.2) is 24.3 Å². The van der Waals surface area contributed by atoms with Crippen molar-refractivity contribution in [3.63, 3.8) is 0 Å². The minimum absolute atomic E-state index is 0.0436. The molecule has 2 aromatic rings. The van der Waals surface area contributed by atoms with Gasteiger partial charge in [0.25, 0.3) is 0 Å². The van der Waals surface area contributed by atoms with Crippen LogP contribution in [0.4, 0.5) is 24.5 Å². The van der Waals surface area contributed by atoms with Crippen LogP contribution in [0.2, 0.25) is 10.2 Å². The predicted molar refractivity (Wildman–Crippen MR) is 97.1 cm³/mol. The molecule has 0 aliphatic heterocycles. The molecule has 0 atom stereocenters. The first-order valence-corrected chi connectivity index (χ1v) is 8.24. The fourth-order valence-corrected chi connectivity index (χ4v) is 3.00. The maximum Gasteiger partial charge on any atom is 0.416 e. The molecule has 0 saturated heterocycles. The average Bonchev–Trinajstić information content (AvgIpc) is 2.49. The highest BCUT2D eigenvalue weighted by Gasteiger charge is 2.31. The van der Waals surface area contributed by atoms with Crippen LogP contribution in [0.1, 0.15) is 16.8 Å². The van der Waals surface area contributed by atoms with Crippen molar-refractivity contribution in [2.45, 2.75) is 19.5 Å². The number of nitrogens with zero attached hydrogens (tertiary/aromatic N) is 2. The molecule has 0 fully saturated rings. The Morgan fingerprint density at radius 1 is 1.23 bits per heavy atom. The highest BCUT2D eigenvalue weighted by Crippen LogP contribution is 2.35. The van der Waals surface area contributed by atoms with E-state index in [-0.39, 0.29) is 22.3 Å². The van der Waals surface area contributed by atoms with E-state index in [0.717, 1.165) is 12.1 Å². The molecular formula is C17H16Cl2F3N3O. The Labute approximate surface area is 158 Å². The molecule has 0 saturated carbocycles. The Balaban J connectivity index is 2.31. The molecule has 0 spiro atoms. The SMILES string of the molecule is Cc1cc(Cl)c(CC(=O)Nc2cc(C(F)(F)F)ccc2N(C)C)c(Cl)n1. The number of anilines is 2. The van der Waals surface area contributed by atoms with E-state index in [2.05, 4.69) is 10.3 Å². The van der Waals surface area contributed by atoms with Gasteiger partial charge in [0.1, 0.15) is 5.15 Å². The second-order valence-corrected chi connectivity index (χ2v) is 6.63. The lowest BCUT2D eigenvalue weighted by Crippen LogP contribution is -2.19. The number of rotatable bonds is 4. The smallest absolute Gasteiger partial charge is 0.376 e. The van der Waals surface area contributed by atoms with E-state index in [1.54, 1.807) is 32.0 Å². The summed E-state index contributed by atoms with van der Waals surface area (Å²) < 4.78 is 38.9. The number of pyridine rings is 1. The molecule has 2 rings (SSSR count). The van der Waals surface area contributed by atoms with E-state index in [1.165, 1.54) is 6.07 Å². The second kappa shape index (κ2) is 7.72. The summed E-state index contributed by atoms with van der Waals surface area (Å²) in [6.07, 6.45) is -4.73. The van der Waals surface area contributed by atoms with Gasteiger partial charge in [-0.1, -0.05) is 23.2 Å². The number of aryl methyl sites for hydroxylation is 1. The molecule has 1 N–H and O–H groups in total. The number of amides is 1. The third-order valence-corrected chi connectivity index (χ3v) is 4.21. The molecule has 1 heterocycles. The molecule has 0 aliphatic rings. The molecular weight excluding hydrogens is 390 g/mol. The van der Waals surface area contributed by atoms with Crippen molar-refractivity contribution < 1.29 is 18.0 Å². The molecule has 4 nitrogen and oxygen atoms in total. The number of hydrogen-bond acceptors (Lipinski definition) is 3. The van der Waals surface area contributed by atoms with Crippen LogP contribution in [0.5, 0.6) is 0 Å². The van der Waals surface area contributed by atoms with Gasteiger partial charge < -0.3 is 10.2 Å². The number of halogens is 5. The normalized spacial score (nSPS) is 11.4. The molecule has 0 bridgehead atoms. The maximum absolute atomic E-state index is 13.0. The van der Waals surface area contributed by atoms with Crippen LogP contribution >= 0.6 is 23.2 Å². The van der Waals surface area contributed by atoms with E-state index in [4.69, 9.17) is 23.2 Å². The molecule has 0 radical (unpaired) electrons. The first-order valence-electron chi connectivity index (χ1n) is 7.49. The van der Waals surface area contributed by atoms with Gasteiger partial charge in [0.2, 0.25) is 5.91 Å². The number of alkyl halides is 3. The number of nitrogens with one attached hydrogen (secondary N) is 1. The van der Waals surface area contributed by atoms with Gasteiger partial charge in [0.15, 0.2) is 0 Å². The van der Waals surface area contributed by atoms with Gasteiger partial charge >= 0.3 is 6.18 Å².